The smallest absolute Gasteiger partial charge is 0.251 e. The molecule has 0 aromatic heterocycles. The number of ether oxygens (including phenoxy) is 2. The molecule has 156 valence electrons. The Balaban J connectivity index is 1.76. The lowest BCUT2D eigenvalue weighted by molar-refractivity contribution is -0.116. The van der Waals surface area contributed by atoms with Crippen LogP contribution in [0.4, 0.5) is 5.69 Å². The van der Waals surface area contributed by atoms with Crippen LogP contribution in [0.25, 0.3) is 0 Å². The Hall–Kier alpha value is -3.02. The van der Waals surface area contributed by atoms with Crippen LogP contribution in [-0.2, 0) is 4.79 Å². The molecule has 0 spiro atoms. The van der Waals surface area contributed by atoms with Crippen molar-refractivity contribution in [3.63, 3.8) is 0 Å². The Morgan fingerprint density at radius 1 is 0.931 bits per heavy atom. The third-order valence-corrected chi connectivity index (χ3v) is 3.87. The molecule has 0 fully saturated rings. The highest BCUT2D eigenvalue weighted by Crippen LogP contribution is 2.26. The van der Waals surface area contributed by atoms with Crippen LogP contribution < -0.4 is 20.1 Å². The molecule has 0 bridgehead atoms. The number of hydrogen-bond acceptors (Lipinski definition) is 4. The van der Waals surface area contributed by atoms with Crippen molar-refractivity contribution >= 4 is 17.5 Å². The highest BCUT2D eigenvalue weighted by molar-refractivity contribution is 5.96. The van der Waals surface area contributed by atoms with E-state index in [1.165, 1.54) is 0 Å². The molecule has 0 aliphatic heterocycles. The largest absolute Gasteiger partial charge is 0.490 e. The van der Waals surface area contributed by atoms with Crippen LogP contribution in [0.2, 0.25) is 0 Å². The molecule has 2 aromatic rings. The van der Waals surface area contributed by atoms with Crippen LogP contribution in [0.1, 0.15) is 50.9 Å². The summed E-state index contributed by atoms with van der Waals surface area (Å²) in [7, 11) is 0. The fraction of sp³-hybridized carbons (Fsp3) is 0.391. The highest BCUT2D eigenvalue weighted by atomic mass is 16.5. The second-order valence-electron chi connectivity index (χ2n) is 7.66. The molecule has 0 atom stereocenters. The van der Waals surface area contributed by atoms with Crippen molar-refractivity contribution in [1.82, 2.24) is 5.32 Å². The molecule has 0 aliphatic rings. The highest BCUT2D eigenvalue weighted by Gasteiger charge is 2.15. The van der Waals surface area contributed by atoms with Crippen molar-refractivity contribution in [3.8, 4) is 11.5 Å². The molecule has 6 heteroatoms. The maximum atomic E-state index is 12.1. The van der Waals surface area contributed by atoms with E-state index in [1.54, 1.807) is 24.3 Å². The molecule has 0 saturated carbocycles. The van der Waals surface area contributed by atoms with Gasteiger partial charge in [0.05, 0.1) is 13.2 Å². The van der Waals surface area contributed by atoms with Crippen LogP contribution in [-0.4, -0.2) is 30.6 Å². The summed E-state index contributed by atoms with van der Waals surface area (Å²) < 4.78 is 11.2. The summed E-state index contributed by atoms with van der Waals surface area (Å²) in [4.78, 5) is 24.3. The summed E-state index contributed by atoms with van der Waals surface area (Å²) in [6.07, 6.45) is 0.918. The number of carbonyl (C=O) groups excluding carboxylic acids is 2. The predicted octanol–water partition coefficient (Wildman–Crippen LogP) is 4.41. The minimum Gasteiger partial charge on any atom is -0.490 e. The molecular weight excluding hydrogens is 368 g/mol. The van der Waals surface area contributed by atoms with Crippen molar-refractivity contribution < 1.29 is 19.1 Å². The van der Waals surface area contributed by atoms with Crippen LogP contribution in [0.5, 0.6) is 11.5 Å². The molecule has 29 heavy (non-hydrogen) atoms. The van der Waals surface area contributed by atoms with Crippen LogP contribution >= 0.6 is 0 Å². The summed E-state index contributed by atoms with van der Waals surface area (Å²) >= 11 is 0. The molecule has 0 heterocycles. The van der Waals surface area contributed by atoms with E-state index in [1.807, 2.05) is 52.0 Å². The van der Waals surface area contributed by atoms with Gasteiger partial charge in [0.15, 0.2) is 11.5 Å². The molecule has 0 radical (unpaired) electrons. The zero-order chi connectivity index (χ0) is 21.3. The van der Waals surface area contributed by atoms with Gasteiger partial charge >= 0.3 is 0 Å². The summed E-state index contributed by atoms with van der Waals surface area (Å²) in [5.41, 5.74) is 0.916. The number of benzene rings is 2. The van der Waals surface area contributed by atoms with Crippen molar-refractivity contribution in [1.29, 1.82) is 0 Å². The molecule has 0 saturated heterocycles. The number of carbonyl (C=O) groups is 2. The monoisotopic (exact) mass is 398 g/mol. The maximum absolute atomic E-state index is 12.1. The first kappa shape index (κ1) is 22.3. The molecule has 2 amide bonds. The Morgan fingerprint density at radius 2 is 1.55 bits per heavy atom. The molecule has 2 rings (SSSR count). The first-order chi connectivity index (χ1) is 13.8. The van der Waals surface area contributed by atoms with Crippen LogP contribution in [0.15, 0.2) is 48.5 Å². The molecule has 0 unspecified atom stereocenters. The van der Waals surface area contributed by atoms with Gasteiger partial charge in [0.2, 0.25) is 5.91 Å². The van der Waals surface area contributed by atoms with Crippen molar-refractivity contribution in [2.24, 2.45) is 0 Å². The third-order valence-electron chi connectivity index (χ3n) is 3.87. The first-order valence-electron chi connectivity index (χ1n) is 9.85. The van der Waals surface area contributed by atoms with E-state index >= 15 is 0 Å². The lowest BCUT2D eigenvalue weighted by Gasteiger charge is -2.20. The quantitative estimate of drug-likeness (QED) is 0.614. The molecule has 2 N–H and O–H groups in total. The van der Waals surface area contributed by atoms with Gasteiger partial charge in [-0.05, 0) is 70.5 Å². The molecular formula is C23H30N2O4. The Morgan fingerprint density at radius 3 is 2.14 bits per heavy atom. The van der Waals surface area contributed by atoms with E-state index in [-0.39, 0.29) is 17.4 Å². The number of hydrogen-bond donors (Lipinski definition) is 2. The van der Waals surface area contributed by atoms with Gasteiger partial charge in [-0.25, -0.2) is 0 Å². The SMILES string of the molecule is CCOc1ccccc1OCCCC(=O)Nc1ccc(C(=O)NC(C)(C)C)cc1. The summed E-state index contributed by atoms with van der Waals surface area (Å²) in [6.45, 7) is 8.70. The van der Waals surface area contributed by atoms with E-state index in [2.05, 4.69) is 10.6 Å². The zero-order valence-corrected chi connectivity index (χ0v) is 17.6. The van der Waals surface area contributed by atoms with E-state index in [0.717, 1.165) is 0 Å². The number of amides is 2. The van der Waals surface area contributed by atoms with Gasteiger partial charge in [-0.2, -0.15) is 0 Å². The van der Waals surface area contributed by atoms with Gasteiger partial charge in [0.25, 0.3) is 5.91 Å². The van der Waals surface area contributed by atoms with Gasteiger partial charge < -0.3 is 20.1 Å². The van der Waals surface area contributed by atoms with Gasteiger partial charge in [-0.1, -0.05) is 12.1 Å². The molecule has 6 nitrogen and oxygen atoms in total. The van der Waals surface area contributed by atoms with E-state index in [0.29, 0.717) is 48.8 Å². The normalized spacial score (nSPS) is 10.9. The minimum atomic E-state index is -0.296. The second-order valence-corrected chi connectivity index (χ2v) is 7.66. The number of nitrogens with one attached hydrogen (secondary N) is 2. The Labute approximate surface area is 172 Å². The van der Waals surface area contributed by atoms with E-state index in [9.17, 15) is 9.59 Å². The Bertz CT molecular complexity index is 810. The molecule has 2 aromatic carbocycles. The van der Waals surface area contributed by atoms with Gasteiger partial charge in [-0.3, -0.25) is 9.59 Å². The first-order valence-corrected chi connectivity index (χ1v) is 9.85. The third kappa shape index (κ3) is 7.86. The predicted molar refractivity (Wildman–Crippen MR) is 115 cm³/mol. The van der Waals surface area contributed by atoms with Gasteiger partial charge in [-0.15, -0.1) is 0 Å². The van der Waals surface area contributed by atoms with E-state index < -0.39 is 0 Å². The van der Waals surface area contributed by atoms with Crippen molar-refractivity contribution in [2.45, 2.75) is 46.1 Å². The van der Waals surface area contributed by atoms with Crippen LogP contribution in [0, 0.1) is 0 Å². The number of anilines is 1. The number of para-hydroxylation sites is 2. The average Bonchev–Trinajstić information content (AvgIpc) is 2.66. The summed E-state index contributed by atoms with van der Waals surface area (Å²) in [5.74, 6) is 1.15. The molecule has 0 aliphatic carbocycles. The zero-order valence-electron chi connectivity index (χ0n) is 17.6. The average molecular weight is 399 g/mol. The van der Waals surface area contributed by atoms with Crippen molar-refractivity contribution in [3.05, 3.63) is 54.1 Å². The van der Waals surface area contributed by atoms with Crippen molar-refractivity contribution in [2.75, 3.05) is 18.5 Å². The number of rotatable bonds is 9. The Kier molecular flexibility index (Phi) is 8.07. The lowest BCUT2D eigenvalue weighted by atomic mass is 10.1. The second kappa shape index (κ2) is 10.5. The summed E-state index contributed by atoms with van der Waals surface area (Å²) in [6, 6.07) is 14.3. The van der Waals surface area contributed by atoms with Crippen LogP contribution in [0.3, 0.4) is 0 Å². The van der Waals surface area contributed by atoms with E-state index in [4.69, 9.17) is 9.47 Å². The fourth-order valence-corrected chi connectivity index (χ4v) is 2.60. The standard InChI is InChI=1S/C23H30N2O4/c1-5-28-19-9-6-7-10-20(19)29-16-8-11-21(26)24-18-14-12-17(13-15-18)22(27)25-23(2,3)4/h6-7,9-10,12-15H,5,8,11,16H2,1-4H3,(H,24,26)(H,25,27). The van der Waals surface area contributed by atoms with Gasteiger partial charge in [0.1, 0.15) is 0 Å². The maximum Gasteiger partial charge on any atom is 0.251 e. The van der Waals surface area contributed by atoms with Gasteiger partial charge in [0, 0.05) is 23.2 Å². The topological polar surface area (TPSA) is 76.7 Å². The minimum absolute atomic E-state index is 0.0985. The summed E-state index contributed by atoms with van der Waals surface area (Å²) in [5, 5.41) is 5.74. The fourth-order valence-electron chi connectivity index (χ4n) is 2.60. The lowest BCUT2D eigenvalue weighted by Crippen LogP contribution is -2.40.